The van der Waals surface area contributed by atoms with Gasteiger partial charge in [-0.05, 0) is 68.5 Å². The Morgan fingerprint density at radius 1 is 0.583 bits per heavy atom. The van der Waals surface area contributed by atoms with Gasteiger partial charge in [0.05, 0.1) is 21.1 Å². The van der Waals surface area contributed by atoms with Crippen LogP contribution < -0.4 is 0 Å². The molecule has 0 radical (unpaired) electrons. The van der Waals surface area contributed by atoms with Gasteiger partial charge in [0.15, 0.2) is 5.82 Å². The number of nitrogens with zero attached hydrogens (tertiary/aromatic N) is 3. The molecular formula is C42H22ClN3OS. The highest BCUT2D eigenvalue weighted by molar-refractivity contribution is 7.27. The summed E-state index contributed by atoms with van der Waals surface area (Å²) in [5, 5.41) is 11.7. The lowest BCUT2D eigenvalue weighted by molar-refractivity contribution is 0.652. The fourth-order valence-corrected chi connectivity index (χ4v) is 9.20. The fourth-order valence-electron chi connectivity index (χ4n) is 7.78. The highest BCUT2D eigenvalue weighted by Gasteiger charge is 2.25. The number of thiophene rings is 1. The molecule has 0 spiro atoms. The molecule has 0 saturated carbocycles. The third-order valence-corrected chi connectivity index (χ3v) is 11.1. The van der Waals surface area contributed by atoms with Gasteiger partial charge in [0.25, 0.3) is 0 Å². The van der Waals surface area contributed by atoms with Crippen LogP contribution in [0.3, 0.4) is 0 Å². The summed E-state index contributed by atoms with van der Waals surface area (Å²) in [5.74, 6) is 0.714. The van der Waals surface area contributed by atoms with Crippen molar-refractivity contribution in [2.45, 2.75) is 0 Å². The molecular weight excluding hydrogens is 630 g/mol. The standard InChI is InChI=1S/C42H22ClN3OS/c43-42-44-40(37-29-14-4-7-18-33(29)47-41(37)45-42)46-32-17-6-3-13-28(32)35-27-21-20-24(26-16-9-11-23-10-1-2-12-25(23)26)22-31(27)36-30-15-5-8-19-34(30)48-39(36)38(35)46/h1-22H. The molecule has 6 heteroatoms. The van der Waals surface area contributed by atoms with Crippen LogP contribution in [-0.2, 0) is 0 Å². The summed E-state index contributed by atoms with van der Waals surface area (Å²) >= 11 is 8.50. The lowest BCUT2D eigenvalue weighted by atomic mass is 9.93. The summed E-state index contributed by atoms with van der Waals surface area (Å²) in [6.45, 7) is 0. The first-order chi connectivity index (χ1) is 23.7. The first-order valence-corrected chi connectivity index (χ1v) is 17.1. The van der Waals surface area contributed by atoms with E-state index in [1.54, 1.807) is 0 Å². The van der Waals surface area contributed by atoms with Crippen molar-refractivity contribution in [2.75, 3.05) is 0 Å². The lowest BCUT2D eigenvalue weighted by Gasteiger charge is -2.12. The SMILES string of the molecule is Clc1nc(-n2c3ccccc3c3c4ccc(-c5cccc6ccccc56)cc4c4c5ccccc5sc4c32)c2c(n1)oc1ccccc12. The zero-order chi connectivity index (χ0) is 31.5. The van der Waals surface area contributed by atoms with E-state index in [1.807, 2.05) is 29.5 Å². The van der Waals surface area contributed by atoms with Crippen LogP contribution in [0.1, 0.15) is 0 Å². The molecule has 48 heavy (non-hydrogen) atoms. The van der Waals surface area contributed by atoms with Crippen LogP contribution in [-0.4, -0.2) is 14.5 Å². The zero-order valence-electron chi connectivity index (χ0n) is 25.2. The molecule has 0 aliphatic rings. The van der Waals surface area contributed by atoms with Gasteiger partial charge >= 0.3 is 0 Å². The second-order valence-electron chi connectivity index (χ2n) is 12.3. The molecule has 0 aliphatic heterocycles. The van der Waals surface area contributed by atoms with Crippen LogP contribution in [0.4, 0.5) is 0 Å². The number of rotatable bonds is 2. The van der Waals surface area contributed by atoms with Gasteiger partial charge in [0, 0.05) is 31.6 Å². The molecule has 0 fully saturated rings. The third-order valence-electron chi connectivity index (χ3n) is 9.75. The van der Waals surface area contributed by atoms with Crippen LogP contribution in [0.15, 0.2) is 138 Å². The monoisotopic (exact) mass is 651 g/mol. The molecule has 0 bridgehead atoms. The Balaban J connectivity index is 1.37. The fraction of sp³-hybridized carbons (Fsp3) is 0. The predicted octanol–water partition coefficient (Wildman–Crippen LogP) is 12.5. The maximum Gasteiger partial charge on any atom is 0.233 e. The molecule has 0 N–H and O–H groups in total. The molecule has 4 heterocycles. The summed E-state index contributed by atoms with van der Waals surface area (Å²) in [7, 11) is 0. The average molecular weight is 652 g/mol. The van der Waals surface area contributed by atoms with E-state index >= 15 is 0 Å². The van der Waals surface area contributed by atoms with Gasteiger partial charge in [0.1, 0.15) is 5.58 Å². The molecule has 7 aromatic carbocycles. The molecule has 0 saturated heterocycles. The number of fused-ring (bicyclic) bond motifs is 14. The van der Waals surface area contributed by atoms with E-state index in [-0.39, 0.29) is 5.28 Å². The molecule has 11 rings (SSSR count). The number of hydrogen-bond donors (Lipinski definition) is 0. The molecule has 0 atom stereocenters. The number of hydrogen-bond acceptors (Lipinski definition) is 4. The maximum atomic E-state index is 6.67. The van der Waals surface area contributed by atoms with Crippen LogP contribution in [0.5, 0.6) is 0 Å². The summed E-state index contributed by atoms with van der Waals surface area (Å²) < 4.78 is 11.0. The normalized spacial score (nSPS) is 12.3. The van der Waals surface area contributed by atoms with Crippen molar-refractivity contribution >= 4 is 109 Å². The van der Waals surface area contributed by atoms with E-state index in [0.717, 1.165) is 32.8 Å². The molecule has 4 nitrogen and oxygen atoms in total. The maximum absolute atomic E-state index is 6.67. The van der Waals surface area contributed by atoms with Crippen LogP contribution in [0.25, 0.3) is 103 Å². The first kappa shape index (κ1) is 26.3. The van der Waals surface area contributed by atoms with E-state index in [9.17, 15) is 0 Å². The van der Waals surface area contributed by atoms with E-state index < -0.39 is 0 Å². The smallest absolute Gasteiger partial charge is 0.233 e. The molecule has 0 aliphatic carbocycles. The molecule has 4 aromatic heterocycles. The van der Waals surface area contributed by atoms with Crippen molar-refractivity contribution in [1.29, 1.82) is 0 Å². The topological polar surface area (TPSA) is 43.9 Å². The van der Waals surface area contributed by atoms with Gasteiger partial charge in [-0.15, -0.1) is 11.3 Å². The van der Waals surface area contributed by atoms with Crippen molar-refractivity contribution in [2.24, 2.45) is 0 Å². The van der Waals surface area contributed by atoms with Gasteiger partial charge < -0.3 is 4.42 Å². The highest BCUT2D eigenvalue weighted by atomic mass is 35.5. The Kier molecular flexibility index (Phi) is 5.29. The quantitative estimate of drug-likeness (QED) is 0.175. The predicted molar refractivity (Wildman–Crippen MR) is 202 cm³/mol. The van der Waals surface area contributed by atoms with E-state index in [1.165, 1.54) is 58.2 Å². The third kappa shape index (κ3) is 3.49. The minimum absolute atomic E-state index is 0.149. The second kappa shape index (κ2) is 9.64. The summed E-state index contributed by atoms with van der Waals surface area (Å²) in [6.07, 6.45) is 0. The number of benzene rings is 7. The van der Waals surface area contributed by atoms with E-state index in [4.69, 9.17) is 21.0 Å². The second-order valence-corrected chi connectivity index (χ2v) is 13.7. The minimum Gasteiger partial charge on any atom is -0.437 e. The molecule has 0 amide bonds. The Morgan fingerprint density at radius 3 is 2.25 bits per heavy atom. The molecule has 0 unspecified atom stereocenters. The number of para-hydroxylation sites is 2. The van der Waals surface area contributed by atoms with E-state index in [0.29, 0.717) is 11.5 Å². The summed E-state index contributed by atoms with van der Waals surface area (Å²) in [6, 6.07) is 47.5. The van der Waals surface area contributed by atoms with Crippen LogP contribution >= 0.6 is 22.9 Å². The largest absolute Gasteiger partial charge is 0.437 e. The number of furan rings is 1. The summed E-state index contributed by atoms with van der Waals surface area (Å²) in [4.78, 5) is 9.48. The first-order valence-electron chi connectivity index (χ1n) is 15.9. The Bertz CT molecular complexity index is 3150. The van der Waals surface area contributed by atoms with Crippen molar-refractivity contribution < 1.29 is 4.42 Å². The number of aromatic nitrogens is 3. The van der Waals surface area contributed by atoms with Crippen LogP contribution in [0, 0.1) is 0 Å². The molecule has 224 valence electrons. The van der Waals surface area contributed by atoms with Crippen molar-refractivity contribution in [3.05, 3.63) is 139 Å². The Hall–Kier alpha value is -5.75. The van der Waals surface area contributed by atoms with Crippen molar-refractivity contribution in [3.8, 4) is 16.9 Å². The number of halogens is 1. The van der Waals surface area contributed by atoms with Crippen molar-refractivity contribution in [3.63, 3.8) is 0 Å². The zero-order valence-corrected chi connectivity index (χ0v) is 26.8. The van der Waals surface area contributed by atoms with Gasteiger partial charge in [-0.25, -0.2) is 0 Å². The van der Waals surface area contributed by atoms with Crippen molar-refractivity contribution in [1.82, 2.24) is 14.5 Å². The van der Waals surface area contributed by atoms with Gasteiger partial charge in [-0.2, -0.15) is 9.97 Å². The van der Waals surface area contributed by atoms with Crippen LogP contribution in [0.2, 0.25) is 5.28 Å². The van der Waals surface area contributed by atoms with E-state index in [2.05, 4.69) is 125 Å². The minimum atomic E-state index is 0.149. The Morgan fingerprint density at radius 2 is 1.33 bits per heavy atom. The van der Waals surface area contributed by atoms with Gasteiger partial charge in [0.2, 0.25) is 11.0 Å². The van der Waals surface area contributed by atoms with Gasteiger partial charge in [-0.1, -0.05) is 109 Å². The average Bonchev–Trinajstić information content (AvgIpc) is 3.81. The summed E-state index contributed by atoms with van der Waals surface area (Å²) in [5.41, 5.74) is 5.83. The highest BCUT2D eigenvalue weighted by Crippen LogP contribution is 2.49. The lowest BCUT2D eigenvalue weighted by Crippen LogP contribution is -2.00. The van der Waals surface area contributed by atoms with Gasteiger partial charge in [-0.3, -0.25) is 4.57 Å². The Labute approximate surface area is 282 Å². The molecule has 11 aromatic rings.